The van der Waals surface area contributed by atoms with Crippen LogP contribution in [0.5, 0.6) is 0 Å². The molecule has 0 aromatic heterocycles. The summed E-state index contributed by atoms with van der Waals surface area (Å²) in [6, 6.07) is 4.71. The second kappa shape index (κ2) is 5.88. The maximum Gasteiger partial charge on any atom is -0.00458 e. The van der Waals surface area contributed by atoms with Crippen LogP contribution in [0.4, 0.5) is 0 Å². The molecule has 1 rings (SSSR count). The summed E-state index contributed by atoms with van der Waals surface area (Å²) in [6.45, 7) is 14.3. The second-order valence-corrected chi connectivity index (χ2v) is 6.55. The molecule has 1 aromatic carbocycles. The van der Waals surface area contributed by atoms with Gasteiger partial charge in [-0.15, -0.1) is 0 Å². The summed E-state index contributed by atoms with van der Waals surface area (Å²) in [5.74, 6) is 0.614. The molecule has 0 amide bonds. The summed E-state index contributed by atoms with van der Waals surface area (Å²) in [5.41, 5.74) is 11.8. The van der Waals surface area contributed by atoms with Gasteiger partial charge < -0.3 is 5.73 Å². The third-order valence-electron chi connectivity index (χ3n) is 3.97. The highest BCUT2D eigenvalue weighted by atomic mass is 14.5. The van der Waals surface area contributed by atoms with Gasteiger partial charge in [0.1, 0.15) is 0 Å². The lowest BCUT2D eigenvalue weighted by atomic mass is 9.82. The largest absolute Gasteiger partial charge is 0.330 e. The third-order valence-corrected chi connectivity index (χ3v) is 3.97. The highest BCUT2D eigenvalue weighted by Crippen LogP contribution is 2.28. The predicted octanol–water partition coefficient (Wildman–Crippen LogP) is 4.13. The number of nitrogens with two attached hydrogens (primary N) is 1. The van der Waals surface area contributed by atoms with Crippen LogP contribution >= 0.6 is 0 Å². The Kier molecular flexibility index (Phi) is 4.98. The second-order valence-electron chi connectivity index (χ2n) is 6.55. The summed E-state index contributed by atoms with van der Waals surface area (Å²) in [5, 5.41) is 0. The van der Waals surface area contributed by atoms with E-state index in [1.165, 1.54) is 22.3 Å². The van der Waals surface area contributed by atoms with Crippen LogP contribution in [0.1, 0.15) is 56.4 Å². The van der Waals surface area contributed by atoms with E-state index in [1.54, 1.807) is 0 Å². The van der Waals surface area contributed by atoms with Gasteiger partial charge in [0, 0.05) is 0 Å². The topological polar surface area (TPSA) is 26.0 Å². The molecule has 1 unspecified atom stereocenters. The standard InChI is InChI=1S/C17H29N/c1-7-14(11-18)10-16-12(2)8-15(9-13(16)3)17(4,5)6/h8-9,14H,7,10-11,18H2,1-6H3. The molecule has 0 saturated carbocycles. The van der Waals surface area contributed by atoms with Crippen molar-refractivity contribution in [1.82, 2.24) is 0 Å². The van der Waals surface area contributed by atoms with Gasteiger partial charge in [0.15, 0.2) is 0 Å². The van der Waals surface area contributed by atoms with Crippen molar-refractivity contribution >= 4 is 0 Å². The average molecular weight is 247 g/mol. The van der Waals surface area contributed by atoms with Gasteiger partial charge in [0.2, 0.25) is 0 Å². The fourth-order valence-corrected chi connectivity index (χ4v) is 2.43. The van der Waals surface area contributed by atoms with Crippen molar-refractivity contribution in [3.8, 4) is 0 Å². The molecule has 1 heteroatoms. The zero-order valence-electron chi connectivity index (χ0n) is 12.9. The quantitative estimate of drug-likeness (QED) is 0.850. The zero-order chi connectivity index (χ0) is 13.9. The van der Waals surface area contributed by atoms with Gasteiger partial charge in [-0.05, 0) is 60.4 Å². The molecular weight excluding hydrogens is 218 g/mol. The molecule has 1 atom stereocenters. The molecule has 1 aromatic rings. The van der Waals surface area contributed by atoms with E-state index in [0.29, 0.717) is 5.92 Å². The molecule has 102 valence electrons. The zero-order valence-corrected chi connectivity index (χ0v) is 12.9. The van der Waals surface area contributed by atoms with Crippen molar-refractivity contribution in [3.05, 3.63) is 34.4 Å². The number of rotatable bonds is 4. The van der Waals surface area contributed by atoms with Crippen molar-refractivity contribution in [3.63, 3.8) is 0 Å². The summed E-state index contributed by atoms with van der Waals surface area (Å²) < 4.78 is 0. The van der Waals surface area contributed by atoms with E-state index in [0.717, 1.165) is 19.4 Å². The van der Waals surface area contributed by atoms with Crippen LogP contribution in [-0.2, 0) is 11.8 Å². The lowest BCUT2D eigenvalue weighted by Gasteiger charge is -2.23. The third kappa shape index (κ3) is 3.58. The fourth-order valence-electron chi connectivity index (χ4n) is 2.43. The SMILES string of the molecule is CCC(CN)Cc1c(C)cc(C(C)(C)C)cc1C. The van der Waals surface area contributed by atoms with Gasteiger partial charge in [0.05, 0.1) is 0 Å². The van der Waals surface area contributed by atoms with E-state index in [2.05, 4.69) is 53.7 Å². The maximum absolute atomic E-state index is 5.83. The van der Waals surface area contributed by atoms with Gasteiger partial charge in [-0.25, -0.2) is 0 Å². The van der Waals surface area contributed by atoms with E-state index in [4.69, 9.17) is 5.73 Å². The minimum absolute atomic E-state index is 0.228. The van der Waals surface area contributed by atoms with Crippen LogP contribution in [-0.4, -0.2) is 6.54 Å². The molecule has 0 radical (unpaired) electrons. The maximum atomic E-state index is 5.83. The summed E-state index contributed by atoms with van der Waals surface area (Å²) in [6.07, 6.45) is 2.28. The van der Waals surface area contributed by atoms with Gasteiger partial charge in [-0.3, -0.25) is 0 Å². The monoisotopic (exact) mass is 247 g/mol. The van der Waals surface area contributed by atoms with Gasteiger partial charge in [-0.2, -0.15) is 0 Å². The van der Waals surface area contributed by atoms with Crippen molar-refractivity contribution in [2.45, 2.75) is 59.8 Å². The Labute approximate surface area is 113 Å². The Morgan fingerprint density at radius 1 is 1.11 bits per heavy atom. The number of hydrogen-bond acceptors (Lipinski definition) is 1. The number of aryl methyl sites for hydroxylation is 2. The van der Waals surface area contributed by atoms with Gasteiger partial charge in [-0.1, -0.05) is 46.2 Å². The Morgan fingerprint density at radius 3 is 1.94 bits per heavy atom. The van der Waals surface area contributed by atoms with Crippen LogP contribution in [0.2, 0.25) is 0 Å². The fraction of sp³-hybridized carbons (Fsp3) is 0.647. The molecule has 0 heterocycles. The highest BCUT2D eigenvalue weighted by Gasteiger charge is 2.17. The molecular formula is C17H29N. The van der Waals surface area contributed by atoms with Crippen molar-refractivity contribution in [2.75, 3.05) is 6.54 Å². The van der Waals surface area contributed by atoms with Crippen molar-refractivity contribution < 1.29 is 0 Å². The van der Waals surface area contributed by atoms with E-state index in [1.807, 2.05) is 0 Å². The summed E-state index contributed by atoms with van der Waals surface area (Å²) >= 11 is 0. The van der Waals surface area contributed by atoms with Crippen molar-refractivity contribution in [1.29, 1.82) is 0 Å². The van der Waals surface area contributed by atoms with Crippen LogP contribution < -0.4 is 5.73 Å². The van der Waals surface area contributed by atoms with E-state index >= 15 is 0 Å². The number of benzene rings is 1. The van der Waals surface area contributed by atoms with Crippen LogP contribution in [0.3, 0.4) is 0 Å². The molecule has 18 heavy (non-hydrogen) atoms. The van der Waals surface area contributed by atoms with Crippen molar-refractivity contribution in [2.24, 2.45) is 11.7 Å². The molecule has 0 fully saturated rings. The molecule has 0 spiro atoms. The Hall–Kier alpha value is -0.820. The molecule has 2 N–H and O–H groups in total. The Balaban J connectivity index is 3.09. The van der Waals surface area contributed by atoms with Crippen LogP contribution in [0, 0.1) is 19.8 Å². The molecule has 1 nitrogen and oxygen atoms in total. The van der Waals surface area contributed by atoms with Gasteiger partial charge >= 0.3 is 0 Å². The molecule has 0 aliphatic rings. The first-order valence-corrected chi connectivity index (χ1v) is 7.10. The van der Waals surface area contributed by atoms with E-state index in [9.17, 15) is 0 Å². The average Bonchev–Trinajstić information content (AvgIpc) is 2.27. The lowest BCUT2D eigenvalue weighted by Crippen LogP contribution is -2.18. The first-order valence-electron chi connectivity index (χ1n) is 7.10. The first kappa shape index (κ1) is 15.2. The molecule has 0 aliphatic heterocycles. The normalized spacial score (nSPS) is 13.7. The predicted molar refractivity (Wildman–Crippen MR) is 81.2 cm³/mol. The van der Waals surface area contributed by atoms with Crippen LogP contribution in [0.15, 0.2) is 12.1 Å². The molecule has 0 saturated heterocycles. The number of hydrogen-bond donors (Lipinski definition) is 1. The lowest BCUT2D eigenvalue weighted by molar-refractivity contribution is 0.515. The van der Waals surface area contributed by atoms with Crippen LogP contribution in [0.25, 0.3) is 0 Å². The molecule has 0 aliphatic carbocycles. The first-order chi connectivity index (χ1) is 8.29. The molecule has 0 bridgehead atoms. The summed E-state index contributed by atoms with van der Waals surface area (Å²) in [4.78, 5) is 0. The Bertz CT molecular complexity index is 372. The van der Waals surface area contributed by atoms with Gasteiger partial charge in [0.25, 0.3) is 0 Å². The highest BCUT2D eigenvalue weighted by molar-refractivity contribution is 5.40. The Morgan fingerprint density at radius 2 is 1.61 bits per heavy atom. The van der Waals surface area contributed by atoms with E-state index < -0.39 is 0 Å². The van der Waals surface area contributed by atoms with E-state index in [-0.39, 0.29) is 5.41 Å². The minimum atomic E-state index is 0.228. The smallest absolute Gasteiger partial charge is 0.00458 e. The summed E-state index contributed by atoms with van der Waals surface area (Å²) in [7, 11) is 0. The minimum Gasteiger partial charge on any atom is -0.330 e.